The molecule has 38 heavy (non-hydrogen) atoms. The van der Waals surface area contributed by atoms with E-state index in [4.69, 9.17) is 13.9 Å². The Morgan fingerprint density at radius 1 is 0.974 bits per heavy atom. The predicted octanol–water partition coefficient (Wildman–Crippen LogP) is 6.12. The maximum absolute atomic E-state index is 14.1. The number of halogens is 1. The summed E-state index contributed by atoms with van der Waals surface area (Å²) >= 11 is 0. The summed E-state index contributed by atoms with van der Waals surface area (Å²) in [6, 6.07) is 22.9. The predicted molar refractivity (Wildman–Crippen MR) is 139 cm³/mol. The van der Waals surface area contributed by atoms with Crippen LogP contribution in [0.5, 0.6) is 11.6 Å². The first-order chi connectivity index (χ1) is 18.4. The topological polar surface area (TPSA) is 95.6 Å². The molecule has 5 aromatic rings. The third-order valence-electron chi connectivity index (χ3n) is 5.67. The summed E-state index contributed by atoms with van der Waals surface area (Å²) in [5.41, 5.74) is 2.89. The number of carbonyl (C=O) groups excluding carboxylic acids is 2. The molecule has 190 valence electrons. The van der Waals surface area contributed by atoms with E-state index in [2.05, 4.69) is 10.4 Å². The summed E-state index contributed by atoms with van der Waals surface area (Å²) in [6.45, 7) is 1.27. The lowest BCUT2D eigenvalue weighted by Gasteiger charge is -2.10. The zero-order valence-electron chi connectivity index (χ0n) is 20.5. The summed E-state index contributed by atoms with van der Waals surface area (Å²) in [5.74, 6) is -0.134. The third-order valence-corrected chi connectivity index (χ3v) is 5.67. The molecule has 0 saturated carbocycles. The molecule has 1 N–H and O–H groups in total. The van der Waals surface area contributed by atoms with Crippen LogP contribution in [0.25, 0.3) is 28.3 Å². The molecule has 0 atom stereocenters. The number of rotatable bonds is 7. The Kier molecular flexibility index (Phi) is 6.73. The minimum absolute atomic E-state index is 0.101. The van der Waals surface area contributed by atoms with Crippen LogP contribution >= 0.6 is 0 Å². The van der Waals surface area contributed by atoms with Gasteiger partial charge in [0.25, 0.3) is 5.91 Å². The second-order valence-corrected chi connectivity index (χ2v) is 8.25. The number of aromatic nitrogens is 2. The van der Waals surface area contributed by atoms with Crippen LogP contribution in [0.15, 0.2) is 95.6 Å². The normalized spacial score (nSPS) is 10.7. The summed E-state index contributed by atoms with van der Waals surface area (Å²) in [7, 11) is 1.56. The molecule has 0 aliphatic carbocycles. The molecule has 0 aliphatic rings. The van der Waals surface area contributed by atoms with Crippen molar-refractivity contribution in [3.63, 3.8) is 0 Å². The van der Waals surface area contributed by atoms with Crippen molar-refractivity contribution in [2.24, 2.45) is 0 Å². The highest BCUT2D eigenvalue weighted by atomic mass is 19.1. The van der Waals surface area contributed by atoms with E-state index in [0.717, 1.165) is 0 Å². The van der Waals surface area contributed by atoms with Crippen molar-refractivity contribution in [1.82, 2.24) is 9.78 Å². The Bertz CT molecular complexity index is 1590. The van der Waals surface area contributed by atoms with Crippen LogP contribution < -0.4 is 14.8 Å². The van der Waals surface area contributed by atoms with Gasteiger partial charge in [-0.15, -0.1) is 0 Å². The molecule has 0 saturated heterocycles. The smallest absolute Gasteiger partial charge is 0.309 e. The van der Waals surface area contributed by atoms with Crippen molar-refractivity contribution >= 4 is 17.6 Å². The number of furan rings is 1. The van der Waals surface area contributed by atoms with Gasteiger partial charge in [-0.2, -0.15) is 9.78 Å². The number of anilines is 1. The van der Waals surface area contributed by atoms with Gasteiger partial charge in [-0.25, -0.2) is 4.39 Å². The number of esters is 1. The monoisotopic (exact) mass is 511 g/mol. The van der Waals surface area contributed by atoms with Crippen molar-refractivity contribution < 1.29 is 27.9 Å². The van der Waals surface area contributed by atoms with Gasteiger partial charge >= 0.3 is 5.97 Å². The quantitative estimate of drug-likeness (QED) is 0.264. The van der Waals surface area contributed by atoms with Crippen molar-refractivity contribution in [2.75, 3.05) is 12.4 Å². The molecule has 0 radical (unpaired) electrons. The number of carbonyl (C=O) groups is 2. The molecule has 8 nitrogen and oxygen atoms in total. The average molecular weight is 512 g/mol. The Morgan fingerprint density at radius 3 is 2.37 bits per heavy atom. The second-order valence-electron chi connectivity index (χ2n) is 8.25. The highest BCUT2D eigenvalue weighted by Crippen LogP contribution is 2.41. The molecule has 9 heteroatoms. The van der Waals surface area contributed by atoms with E-state index in [-0.39, 0.29) is 11.8 Å². The number of benzene rings is 3. The van der Waals surface area contributed by atoms with Crippen molar-refractivity contribution in [3.05, 3.63) is 103 Å². The first-order valence-electron chi connectivity index (χ1n) is 11.6. The van der Waals surface area contributed by atoms with Crippen LogP contribution in [-0.2, 0) is 4.79 Å². The lowest BCUT2D eigenvalue weighted by Crippen LogP contribution is -2.11. The van der Waals surface area contributed by atoms with E-state index in [1.807, 2.05) is 0 Å². The highest BCUT2D eigenvalue weighted by molar-refractivity contribution is 6.04. The van der Waals surface area contributed by atoms with E-state index in [1.165, 1.54) is 36.1 Å². The van der Waals surface area contributed by atoms with Crippen LogP contribution in [0.4, 0.5) is 10.1 Å². The molecule has 0 aliphatic heterocycles. The van der Waals surface area contributed by atoms with E-state index in [9.17, 15) is 14.0 Å². The molecule has 3 aromatic carbocycles. The highest BCUT2D eigenvalue weighted by Gasteiger charge is 2.26. The molecule has 1 amide bonds. The van der Waals surface area contributed by atoms with Gasteiger partial charge in [-0.05, 0) is 72.3 Å². The van der Waals surface area contributed by atoms with Gasteiger partial charge in [0.1, 0.15) is 17.3 Å². The van der Waals surface area contributed by atoms with E-state index >= 15 is 0 Å². The summed E-state index contributed by atoms with van der Waals surface area (Å²) in [4.78, 5) is 24.8. The number of methoxy groups -OCH3 is 1. The van der Waals surface area contributed by atoms with Crippen molar-refractivity contribution in [3.8, 4) is 39.9 Å². The third kappa shape index (κ3) is 5.03. The Morgan fingerprint density at radius 2 is 1.74 bits per heavy atom. The summed E-state index contributed by atoms with van der Waals surface area (Å²) in [5, 5.41) is 7.47. The number of amides is 1. The SMILES string of the molecule is COc1ccc(C(=O)Nc2ccc(-c3c(-c4ccco4)nn(-c4cccc(F)c4)c3OC(C)=O)cc2)cc1. The summed E-state index contributed by atoms with van der Waals surface area (Å²) in [6.07, 6.45) is 1.50. The average Bonchev–Trinajstić information content (AvgIpc) is 3.57. The second kappa shape index (κ2) is 10.4. The standard InChI is InChI=1S/C29H22FN3O5/c1-18(34)38-29-26(27(25-7-4-16-37-25)32-33(29)23-6-3-5-21(30)17-23)19-8-12-22(13-9-19)31-28(35)20-10-14-24(36-2)15-11-20/h3-17H,1-2H3,(H,31,35). The number of hydrogen-bond donors (Lipinski definition) is 1. The minimum Gasteiger partial charge on any atom is -0.497 e. The van der Waals surface area contributed by atoms with E-state index < -0.39 is 11.8 Å². The number of nitrogens with zero attached hydrogens (tertiary/aromatic N) is 2. The van der Waals surface area contributed by atoms with Crippen LogP contribution in [-0.4, -0.2) is 28.8 Å². The molecule has 0 bridgehead atoms. The number of nitrogens with one attached hydrogen (secondary N) is 1. The molecule has 5 rings (SSSR count). The van der Waals surface area contributed by atoms with E-state index in [0.29, 0.717) is 45.3 Å². The van der Waals surface area contributed by atoms with Gasteiger partial charge in [-0.3, -0.25) is 9.59 Å². The zero-order chi connectivity index (χ0) is 26.6. The Balaban J connectivity index is 1.55. The summed E-state index contributed by atoms with van der Waals surface area (Å²) < 4.78 is 31.7. The fourth-order valence-electron chi connectivity index (χ4n) is 3.93. The first kappa shape index (κ1) is 24.5. The Hall–Kier alpha value is -5.18. The maximum Gasteiger partial charge on any atom is 0.309 e. The van der Waals surface area contributed by atoms with Crippen molar-refractivity contribution in [1.29, 1.82) is 0 Å². The van der Waals surface area contributed by atoms with Crippen LogP contribution in [0, 0.1) is 5.82 Å². The lowest BCUT2D eigenvalue weighted by atomic mass is 10.0. The number of hydrogen-bond acceptors (Lipinski definition) is 6. The van der Waals surface area contributed by atoms with Gasteiger partial charge in [-0.1, -0.05) is 18.2 Å². The molecule has 2 aromatic heterocycles. The van der Waals surface area contributed by atoms with E-state index in [1.54, 1.807) is 73.8 Å². The van der Waals surface area contributed by atoms with Crippen LogP contribution in [0.1, 0.15) is 17.3 Å². The van der Waals surface area contributed by atoms with Gasteiger partial charge < -0.3 is 19.2 Å². The lowest BCUT2D eigenvalue weighted by molar-refractivity contribution is -0.132. The fourth-order valence-corrected chi connectivity index (χ4v) is 3.93. The van der Waals surface area contributed by atoms with Gasteiger partial charge in [0.15, 0.2) is 5.76 Å². The van der Waals surface area contributed by atoms with Crippen molar-refractivity contribution in [2.45, 2.75) is 6.92 Å². The molecule has 0 fully saturated rings. The van der Waals surface area contributed by atoms with Crippen LogP contribution in [0.3, 0.4) is 0 Å². The van der Waals surface area contributed by atoms with Gasteiger partial charge in [0, 0.05) is 18.2 Å². The molecule has 0 unspecified atom stereocenters. The molecular weight excluding hydrogens is 489 g/mol. The largest absolute Gasteiger partial charge is 0.497 e. The van der Waals surface area contributed by atoms with Crippen LogP contribution in [0.2, 0.25) is 0 Å². The van der Waals surface area contributed by atoms with Gasteiger partial charge in [0.2, 0.25) is 5.88 Å². The molecule has 0 spiro atoms. The maximum atomic E-state index is 14.1. The fraction of sp³-hybridized carbons (Fsp3) is 0.0690. The minimum atomic E-state index is -0.571. The van der Waals surface area contributed by atoms with Gasteiger partial charge in [0.05, 0.1) is 24.6 Å². The Labute approximate surface area is 217 Å². The zero-order valence-corrected chi connectivity index (χ0v) is 20.5. The molecule has 2 heterocycles. The number of ether oxygens (including phenoxy) is 2. The first-order valence-corrected chi connectivity index (χ1v) is 11.6. The molecular formula is C29H22FN3O5.